The maximum Gasteiger partial charge on any atom is 0.126 e. The maximum absolute atomic E-state index is 8.56. The highest BCUT2D eigenvalue weighted by Gasteiger charge is 1.92. The van der Waals surface area contributed by atoms with Gasteiger partial charge in [-0.1, -0.05) is 0 Å². The fourth-order valence-electron chi connectivity index (χ4n) is 0.991. The number of rotatable bonds is 5. The molecule has 3 N–H and O–H groups in total. The highest BCUT2D eigenvalue weighted by Crippen LogP contribution is 2.08. The Morgan fingerprint density at radius 1 is 1.38 bits per heavy atom. The normalized spacial score (nSPS) is 9.69. The van der Waals surface area contributed by atoms with Crippen LogP contribution in [0.1, 0.15) is 6.92 Å². The van der Waals surface area contributed by atoms with E-state index in [0.717, 1.165) is 18.1 Å². The molecule has 0 radical (unpaired) electrons. The van der Waals surface area contributed by atoms with Crippen LogP contribution in [0.25, 0.3) is 0 Å². The molecule has 1 aromatic heterocycles. The van der Waals surface area contributed by atoms with Crippen LogP contribution in [0.5, 0.6) is 0 Å². The van der Waals surface area contributed by atoms with E-state index in [1.165, 1.54) is 0 Å². The minimum absolute atomic E-state index is 0.122. The SMILES string of the molecule is CCNc1ccc(NCCO)nc1. The minimum Gasteiger partial charge on any atom is -0.395 e. The second-order valence-corrected chi connectivity index (χ2v) is 2.61. The van der Waals surface area contributed by atoms with Crippen LogP contribution in [0.2, 0.25) is 0 Å². The van der Waals surface area contributed by atoms with E-state index in [2.05, 4.69) is 15.6 Å². The van der Waals surface area contributed by atoms with Crippen LogP contribution in [0.3, 0.4) is 0 Å². The van der Waals surface area contributed by atoms with E-state index in [1.54, 1.807) is 6.20 Å². The van der Waals surface area contributed by atoms with E-state index in [1.807, 2.05) is 19.1 Å². The molecular formula is C9H15N3O. The molecule has 1 aromatic rings. The summed E-state index contributed by atoms with van der Waals surface area (Å²) in [6.07, 6.45) is 1.77. The molecule has 13 heavy (non-hydrogen) atoms. The molecule has 1 rings (SSSR count). The highest BCUT2D eigenvalue weighted by atomic mass is 16.3. The summed E-state index contributed by atoms with van der Waals surface area (Å²) in [5.41, 5.74) is 1.01. The Morgan fingerprint density at radius 2 is 2.23 bits per heavy atom. The fourth-order valence-corrected chi connectivity index (χ4v) is 0.991. The topological polar surface area (TPSA) is 57.2 Å². The van der Waals surface area contributed by atoms with Crippen molar-refractivity contribution < 1.29 is 5.11 Å². The predicted molar refractivity (Wildman–Crippen MR) is 54.0 cm³/mol. The van der Waals surface area contributed by atoms with Crippen LogP contribution in [0.4, 0.5) is 11.5 Å². The summed E-state index contributed by atoms with van der Waals surface area (Å²) in [4.78, 5) is 4.15. The number of nitrogens with zero attached hydrogens (tertiary/aromatic N) is 1. The van der Waals surface area contributed by atoms with Gasteiger partial charge in [0.2, 0.25) is 0 Å². The van der Waals surface area contributed by atoms with E-state index in [4.69, 9.17) is 5.11 Å². The van der Waals surface area contributed by atoms with Crippen molar-refractivity contribution in [3.63, 3.8) is 0 Å². The molecule has 0 aliphatic carbocycles. The molecule has 0 aliphatic heterocycles. The van der Waals surface area contributed by atoms with Gasteiger partial charge in [-0.3, -0.25) is 0 Å². The van der Waals surface area contributed by atoms with Crippen LogP contribution < -0.4 is 10.6 Å². The highest BCUT2D eigenvalue weighted by molar-refractivity contribution is 5.46. The Morgan fingerprint density at radius 3 is 2.77 bits per heavy atom. The standard InChI is InChI=1S/C9H15N3O/c1-2-10-8-3-4-9(12-7-8)11-5-6-13/h3-4,7,10,13H,2,5-6H2,1H3,(H,11,12). The third kappa shape index (κ3) is 3.29. The molecule has 1 heterocycles. The molecule has 0 atom stereocenters. The molecule has 0 saturated carbocycles. The number of hydrogen-bond donors (Lipinski definition) is 3. The Hall–Kier alpha value is -1.29. The second kappa shape index (κ2) is 5.37. The summed E-state index contributed by atoms with van der Waals surface area (Å²) in [6, 6.07) is 3.84. The van der Waals surface area contributed by atoms with Crippen LogP contribution in [-0.4, -0.2) is 29.8 Å². The lowest BCUT2D eigenvalue weighted by Crippen LogP contribution is -2.07. The number of hydrogen-bond acceptors (Lipinski definition) is 4. The Bertz CT molecular complexity index is 235. The largest absolute Gasteiger partial charge is 0.395 e. The maximum atomic E-state index is 8.56. The molecular weight excluding hydrogens is 166 g/mol. The fraction of sp³-hybridized carbons (Fsp3) is 0.444. The smallest absolute Gasteiger partial charge is 0.126 e. The third-order valence-corrected chi connectivity index (χ3v) is 1.56. The number of anilines is 2. The van der Waals surface area contributed by atoms with Crippen LogP contribution >= 0.6 is 0 Å². The van der Waals surface area contributed by atoms with Crippen LogP contribution in [-0.2, 0) is 0 Å². The number of pyridine rings is 1. The van der Waals surface area contributed by atoms with E-state index < -0.39 is 0 Å². The Kier molecular flexibility index (Phi) is 4.05. The van der Waals surface area contributed by atoms with Crippen molar-refractivity contribution >= 4 is 11.5 Å². The van der Waals surface area contributed by atoms with Gasteiger partial charge in [0, 0.05) is 13.1 Å². The zero-order chi connectivity index (χ0) is 9.52. The number of aliphatic hydroxyl groups excluding tert-OH is 1. The number of aliphatic hydroxyl groups is 1. The first-order valence-corrected chi connectivity index (χ1v) is 4.41. The van der Waals surface area contributed by atoms with Gasteiger partial charge in [0.05, 0.1) is 18.5 Å². The summed E-state index contributed by atoms with van der Waals surface area (Å²) in [7, 11) is 0. The van der Waals surface area contributed by atoms with Gasteiger partial charge in [0.1, 0.15) is 5.82 Å². The van der Waals surface area contributed by atoms with Gasteiger partial charge in [0.25, 0.3) is 0 Å². The predicted octanol–water partition coefficient (Wildman–Crippen LogP) is 0.918. The average Bonchev–Trinajstić information content (AvgIpc) is 2.17. The van der Waals surface area contributed by atoms with Crippen molar-refractivity contribution in [2.24, 2.45) is 0 Å². The summed E-state index contributed by atoms with van der Waals surface area (Å²) < 4.78 is 0. The van der Waals surface area contributed by atoms with Crippen LogP contribution in [0, 0.1) is 0 Å². The molecule has 0 fully saturated rings. The van der Waals surface area contributed by atoms with Gasteiger partial charge in [-0.2, -0.15) is 0 Å². The molecule has 0 amide bonds. The molecule has 4 nitrogen and oxygen atoms in total. The first-order chi connectivity index (χ1) is 6.36. The van der Waals surface area contributed by atoms with E-state index in [0.29, 0.717) is 6.54 Å². The van der Waals surface area contributed by atoms with Gasteiger partial charge >= 0.3 is 0 Å². The van der Waals surface area contributed by atoms with Gasteiger partial charge in [-0.25, -0.2) is 4.98 Å². The van der Waals surface area contributed by atoms with Crippen molar-refractivity contribution in [2.45, 2.75) is 6.92 Å². The Labute approximate surface area is 78.0 Å². The molecule has 0 aliphatic rings. The van der Waals surface area contributed by atoms with Crippen molar-refractivity contribution in [1.29, 1.82) is 0 Å². The molecule has 0 bridgehead atoms. The minimum atomic E-state index is 0.122. The lowest BCUT2D eigenvalue weighted by Gasteiger charge is -2.05. The molecule has 72 valence electrons. The van der Waals surface area contributed by atoms with E-state index >= 15 is 0 Å². The van der Waals surface area contributed by atoms with Crippen molar-refractivity contribution in [1.82, 2.24) is 4.98 Å². The first-order valence-electron chi connectivity index (χ1n) is 4.41. The van der Waals surface area contributed by atoms with Gasteiger partial charge in [-0.05, 0) is 19.1 Å². The zero-order valence-corrected chi connectivity index (χ0v) is 7.75. The van der Waals surface area contributed by atoms with Gasteiger partial charge in [-0.15, -0.1) is 0 Å². The van der Waals surface area contributed by atoms with Crippen molar-refractivity contribution in [2.75, 3.05) is 30.3 Å². The summed E-state index contributed by atoms with van der Waals surface area (Å²) in [5, 5.41) is 14.7. The summed E-state index contributed by atoms with van der Waals surface area (Å²) in [6.45, 7) is 3.59. The lowest BCUT2D eigenvalue weighted by atomic mass is 10.4. The van der Waals surface area contributed by atoms with Crippen LogP contribution in [0.15, 0.2) is 18.3 Å². The third-order valence-electron chi connectivity index (χ3n) is 1.56. The molecule has 0 saturated heterocycles. The van der Waals surface area contributed by atoms with Gasteiger partial charge < -0.3 is 15.7 Å². The molecule has 0 spiro atoms. The number of nitrogens with one attached hydrogen (secondary N) is 2. The van der Waals surface area contributed by atoms with Gasteiger partial charge in [0.15, 0.2) is 0 Å². The lowest BCUT2D eigenvalue weighted by molar-refractivity contribution is 0.311. The molecule has 0 unspecified atom stereocenters. The Balaban J connectivity index is 2.48. The zero-order valence-electron chi connectivity index (χ0n) is 7.75. The molecule has 4 heteroatoms. The first kappa shape index (κ1) is 9.80. The monoisotopic (exact) mass is 181 g/mol. The quantitative estimate of drug-likeness (QED) is 0.632. The number of aromatic nitrogens is 1. The van der Waals surface area contributed by atoms with Crippen molar-refractivity contribution in [3.05, 3.63) is 18.3 Å². The van der Waals surface area contributed by atoms with E-state index in [-0.39, 0.29) is 6.61 Å². The second-order valence-electron chi connectivity index (χ2n) is 2.61. The summed E-state index contributed by atoms with van der Waals surface area (Å²) in [5.74, 6) is 0.788. The summed E-state index contributed by atoms with van der Waals surface area (Å²) >= 11 is 0. The molecule has 0 aromatic carbocycles. The average molecular weight is 181 g/mol. The van der Waals surface area contributed by atoms with Crippen molar-refractivity contribution in [3.8, 4) is 0 Å². The van der Waals surface area contributed by atoms with E-state index in [9.17, 15) is 0 Å².